The molecule has 1 aliphatic rings. The fourth-order valence-corrected chi connectivity index (χ4v) is 2.53. The van der Waals surface area contributed by atoms with Crippen molar-refractivity contribution in [1.82, 2.24) is 4.90 Å². The first-order valence-corrected chi connectivity index (χ1v) is 6.78. The first kappa shape index (κ1) is 16.5. The number of hydrogen-bond donors (Lipinski definition) is 1. The molecular formula is C15H17F4N3. The number of hydrogen-bond acceptors (Lipinski definition) is 3. The molecule has 0 amide bonds. The normalized spacial score (nSPS) is 20.7. The first-order chi connectivity index (χ1) is 10.3. The predicted octanol–water partition coefficient (Wildman–Crippen LogP) is 2.60. The van der Waals surface area contributed by atoms with Gasteiger partial charge in [0.2, 0.25) is 0 Å². The maximum Gasteiger partial charge on any atom is 0.198 e. The topological polar surface area (TPSA) is 41.6 Å². The summed E-state index contributed by atoms with van der Waals surface area (Å²) in [6.07, 6.45) is 0.458. The summed E-state index contributed by atoms with van der Waals surface area (Å²) in [6.45, 7) is 2.51. The molecule has 0 radical (unpaired) electrons. The smallest absolute Gasteiger partial charge is 0.198 e. The van der Waals surface area contributed by atoms with Crippen LogP contribution in [0.2, 0.25) is 0 Å². The van der Waals surface area contributed by atoms with Gasteiger partial charge in [-0.05, 0) is 32.0 Å². The fraction of sp³-hybridized carbons (Fsp3) is 0.400. The van der Waals surface area contributed by atoms with Gasteiger partial charge in [-0.15, -0.1) is 0 Å². The highest BCUT2D eigenvalue weighted by Gasteiger charge is 2.28. The van der Waals surface area contributed by atoms with E-state index < -0.39 is 28.8 Å². The minimum absolute atomic E-state index is 0.0488. The van der Waals surface area contributed by atoms with Crippen LogP contribution in [0.4, 0.5) is 17.6 Å². The van der Waals surface area contributed by atoms with E-state index in [0.29, 0.717) is 30.3 Å². The van der Waals surface area contributed by atoms with Crippen LogP contribution in [0.15, 0.2) is 22.3 Å². The number of benzene rings is 1. The summed E-state index contributed by atoms with van der Waals surface area (Å²) >= 11 is 0. The summed E-state index contributed by atoms with van der Waals surface area (Å²) in [4.78, 5) is 5.92. The van der Waals surface area contributed by atoms with Crippen molar-refractivity contribution in [2.45, 2.75) is 19.4 Å². The van der Waals surface area contributed by atoms with E-state index in [1.54, 1.807) is 0 Å². The number of rotatable bonds is 2. The summed E-state index contributed by atoms with van der Waals surface area (Å²) in [5, 5.41) is 0. The van der Waals surface area contributed by atoms with Crippen molar-refractivity contribution < 1.29 is 17.6 Å². The Morgan fingerprint density at radius 3 is 2.45 bits per heavy atom. The fourth-order valence-electron chi connectivity index (χ4n) is 2.53. The molecule has 3 nitrogen and oxygen atoms in total. The van der Waals surface area contributed by atoms with Crippen LogP contribution < -0.4 is 5.73 Å². The van der Waals surface area contributed by atoms with Gasteiger partial charge in [0.15, 0.2) is 23.3 Å². The zero-order valence-electron chi connectivity index (χ0n) is 12.6. The third kappa shape index (κ3) is 2.61. The van der Waals surface area contributed by atoms with Crippen molar-refractivity contribution in [3.63, 3.8) is 0 Å². The number of nitrogens with zero attached hydrogens (tertiary/aromatic N) is 2. The van der Waals surface area contributed by atoms with E-state index in [1.165, 1.54) is 7.05 Å². The molecular weight excluding hydrogens is 298 g/mol. The third-order valence-corrected chi connectivity index (χ3v) is 4.04. The molecule has 1 heterocycles. The Morgan fingerprint density at radius 1 is 1.23 bits per heavy atom. The molecule has 0 fully saturated rings. The van der Waals surface area contributed by atoms with Crippen LogP contribution >= 0.6 is 0 Å². The van der Waals surface area contributed by atoms with Crippen molar-refractivity contribution in [3.05, 3.63) is 46.2 Å². The molecule has 22 heavy (non-hydrogen) atoms. The molecule has 0 saturated carbocycles. The van der Waals surface area contributed by atoms with Gasteiger partial charge in [0.05, 0.1) is 5.71 Å². The Morgan fingerprint density at radius 2 is 1.86 bits per heavy atom. The largest absolute Gasteiger partial charge is 0.400 e. The van der Waals surface area contributed by atoms with Crippen molar-refractivity contribution >= 4 is 5.71 Å². The van der Waals surface area contributed by atoms with Gasteiger partial charge in [-0.1, -0.05) is 0 Å². The predicted molar refractivity (Wildman–Crippen MR) is 76.7 cm³/mol. The lowest BCUT2D eigenvalue weighted by molar-refractivity contribution is 0.273. The van der Waals surface area contributed by atoms with Gasteiger partial charge >= 0.3 is 0 Å². The maximum atomic E-state index is 14.0. The lowest BCUT2D eigenvalue weighted by Crippen LogP contribution is -2.40. The number of likely N-dealkylation sites (N-methyl/N-ethyl adjacent to an activating group) is 1. The molecule has 1 aromatic rings. The van der Waals surface area contributed by atoms with Crippen LogP contribution in [-0.2, 0) is 0 Å². The quantitative estimate of drug-likeness (QED) is 0.394. The van der Waals surface area contributed by atoms with Crippen molar-refractivity contribution in [3.8, 4) is 0 Å². The minimum atomic E-state index is -1.85. The molecule has 1 unspecified atom stereocenters. The summed E-state index contributed by atoms with van der Waals surface area (Å²) < 4.78 is 54.0. The summed E-state index contributed by atoms with van der Waals surface area (Å²) in [5.41, 5.74) is 6.66. The molecule has 1 aliphatic heterocycles. The Balaban J connectivity index is 2.61. The van der Waals surface area contributed by atoms with E-state index in [0.717, 1.165) is 0 Å². The van der Waals surface area contributed by atoms with Gasteiger partial charge in [-0.2, -0.15) is 0 Å². The highest BCUT2D eigenvalue weighted by atomic mass is 19.2. The molecule has 1 atom stereocenters. The number of halogens is 4. The van der Waals surface area contributed by atoms with E-state index in [2.05, 4.69) is 4.99 Å². The zero-order valence-corrected chi connectivity index (χ0v) is 12.6. The second kappa shape index (κ2) is 6.08. The van der Waals surface area contributed by atoms with E-state index in [1.807, 2.05) is 18.9 Å². The first-order valence-electron chi connectivity index (χ1n) is 6.78. The monoisotopic (exact) mass is 315 g/mol. The number of aliphatic imine (C=N–C) groups is 1. The van der Waals surface area contributed by atoms with Crippen molar-refractivity contribution in [2.24, 2.45) is 10.7 Å². The molecule has 0 spiro atoms. The Hall–Kier alpha value is -1.89. The van der Waals surface area contributed by atoms with E-state index in [9.17, 15) is 17.6 Å². The molecule has 0 aliphatic carbocycles. The Labute approximate surface area is 126 Å². The SMILES string of the molecule is CN=C(C1=C(N)C(C)N(C)CC1)c1cc(F)c(F)c(F)c1F. The van der Waals surface area contributed by atoms with Crippen LogP contribution in [0, 0.1) is 23.3 Å². The van der Waals surface area contributed by atoms with E-state index in [4.69, 9.17) is 5.73 Å². The average Bonchev–Trinajstić information content (AvgIpc) is 2.50. The van der Waals surface area contributed by atoms with Crippen LogP contribution in [0.25, 0.3) is 0 Å². The average molecular weight is 315 g/mol. The molecule has 1 aromatic carbocycles. The highest BCUT2D eigenvalue weighted by Crippen LogP contribution is 2.27. The summed E-state index contributed by atoms with van der Waals surface area (Å²) in [6, 6.07) is 0.498. The van der Waals surface area contributed by atoms with E-state index >= 15 is 0 Å². The summed E-state index contributed by atoms with van der Waals surface area (Å²) in [5.74, 6) is -6.62. The second-order valence-electron chi connectivity index (χ2n) is 5.26. The molecule has 0 saturated heterocycles. The van der Waals surface area contributed by atoms with Gasteiger partial charge < -0.3 is 5.73 Å². The Kier molecular flexibility index (Phi) is 4.55. The van der Waals surface area contributed by atoms with Gasteiger partial charge in [0.1, 0.15) is 0 Å². The van der Waals surface area contributed by atoms with Gasteiger partial charge in [0.25, 0.3) is 0 Å². The lowest BCUT2D eigenvalue weighted by Gasteiger charge is -2.32. The molecule has 0 aromatic heterocycles. The van der Waals surface area contributed by atoms with Crippen molar-refractivity contribution in [2.75, 3.05) is 20.6 Å². The van der Waals surface area contributed by atoms with Crippen LogP contribution in [0.3, 0.4) is 0 Å². The molecule has 7 heteroatoms. The van der Waals surface area contributed by atoms with E-state index in [-0.39, 0.29) is 11.8 Å². The van der Waals surface area contributed by atoms with Crippen LogP contribution in [0.1, 0.15) is 18.9 Å². The summed E-state index contributed by atoms with van der Waals surface area (Å²) in [7, 11) is 3.26. The van der Waals surface area contributed by atoms with Gasteiger partial charge in [-0.3, -0.25) is 9.89 Å². The lowest BCUT2D eigenvalue weighted by atomic mass is 9.92. The van der Waals surface area contributed by atoms with Gasteiger partial charge in [-0.25, -0.2) is 17.6 Å². The van der Waals surface area contributed by atoms with Gasteiger partial charge in [0, 0.05) is 30.9 Å². The van der Waals surface area contributed by atoms with Crippen molar-refractivity contribution in [1.29, 1.82) is 0 Å². The standard InChI is InChI=1S/C15H17F4N3/c1-7-14(20)8(4-5-22(7)3)15(21-2)9-6-10(16)12(18)13(19)11(9)17/h6-7H,4-5,20H2,1-3H3. The zero-order chi connectivity index (χ0) is 16.6. The molecule has 0 bridgehead atoms. The Bertz CT molecular complexity index is 667. The van der Waals surface area contributed by atoms with Crippen LogP contribution in [0.5, 0.6) is 0 Å². The molecule has 2 N–H and O–H groups in total. The molecule has 2 rings (SSSR count). The number of nitrogens with two attached hydrogens (primary N) is 1. The maximum absolute atomic E-state index is 14.0. The second-order valence-corrected chi connectivity index (χ2v) is 5.26. The third-order valence-electron chi connectivity index (χ3n) is 4.04. The highest BCUT2D eigenvalue weighted by molar-refractivity contribution is 6.13. The van der Waals surface area contributed by atoms with Crippen LogP contribution in [-0.4, -0.2) is 37.3 Å². The molecule has 120 valence electrons. The minimum Gasteiger partial charge on any atom is -0.400 e.